The molecular formula is C22H26N2O5S. The number of sulfonamides is 1. The Hall–Kier alpha value is -2.71. The van der Waals surface area contributed by atoms with Crippen LogP contribution in [0.3, 0.4) is 0 Å². The van der Waals surface area contributed by atoms with Gasteiger partial charge in [-0.25, -0.2) is 17.9 Å². The summed E-state index contributed by atoms with van der Waals surface area (Å²) < 4.78 is 29.7. The zero-order valence-electron chi connectivity index (χ0n) is 16.9. The highest BCUT2D eigenvalue weighted by Gasteiger charge is 2.22. The van der Waals surface area contributed by atoms with E-state index in [0.29, 0.717) is 12.0 Å². The molecule has 0 aromatic heterocycles. The molecular weight excluding hydrogens is 404 g/mol. The van der Waals surface area contributed by atoms with Gasteiger partial charge < -0.3 is 10.1 Å². The van der Waals surface area contributed by atoms with Crippen molar-refractivity contribution in [2.24, 2.45) is 0 Å². The maximum absolute atomic E-state index is 12.3. The molecule has 2 aromatic rings. The van der Waals surface area contributed by atoms with Crippen molar-refractivity contribution in [1.82, 2.24) is 10.0 Å². The summed E-state index contributed by atoms with van der Waals surface area (Å²) in [5.41, 5.74) is 3.60. The number of rotatable bonds is 8. The van der Waals surface area contributed by atoms with Crippen molar-refractivity contribution in [1.29, 1.82) is 0 Å². The first-order chi connectivity index (χ1) is 14.3. The van der Waals surface area contributed by atoms with Gasteiger partial charge in [0.05, 0.1) is 17.9 Å². The van der Waals surface area contributed by atoms with E-state index >= 15 is 0 Å². The van der Waals surface area contributed by atoms with Crippen LogP contribution in [0, 0.1) is 0 Å². The van der Waals surface area contributed by atoms with E-state index in [-0.39, 0.29) is 25.1 Å². The number of carbonyl (C=O) groups is 2. The molecule has 0 unspecified atom stereocenters. The summed E-state index contributed by atoms with van der Waals surface area (Å²) in [4.78, 5) is 24.5. The number of hydrogen-bond donors (Lipinski definition) is 2. The Morgan fingerprint density at radius 3 is 2.57 bits per heavy atom. The van der Waals surface area contributed by atoms with Gasteiger partial charge in [-0.3, -0.25) is 4.79 Å². The Morgan fingerprint density at radius 1 is 1.10 bits per heavy atom. The van der Waals surface area contributed by atoms with Crippen molar-refractivity contribution in [2.45, 2.75) is 31.7 Å². The topological polar surface area (TPSA) is 102 Å². The van der Waals surface area contributed by atoms with E-state index in [2.05, 4.69) is 16.1 Å². The Labute approximate surface area is 176 Å². The monoisotopic (exact) mass is 430 g/mol. The normalized spacial score (nSPS) is 15.8. The van der Waals surface area contributed by atoms with Crippen molar-refractivity contribution < 1.29 is 22.7 Å². The van der Waals surface area contributed by atoms with Gasteiger partial charge >= 0.3 is 5.97 Å². The Kier molecular flexibility index (Phi) is 7.23. The summed E-state index contributed by atoms with van der Waals surface area (Å²) in [6, 6.07) is 14.7. The number of hydrogen-bond acceptors (Lipinski definition) is 5. The molecule has 0 fully saturated rings. The van der Waals surface area contributed by atoms with Crippen LogP contribution in [-0.4, -0.2) is 39.7 Å². The second kappa shape index (κ2) is 9.86. The molecule has 1 amide bonds. The van der Waals surface area contributed by atoms with Gasteiger partial charge in [0, 0.05) is 6.54 Å². The fraction of sp³-hybridized carbons (Fsp3) is 0.364. The lowest BCUT2D eigenvalue weighted by molar-refractivity contribution is -0.125. The van der Waals surface area contributed by atoms with Crippen molar-refractivity contribution in [3.63, 3.8) is 0 Å². The van der Waals surface area contributed by atoms with E-state index in [1.165, 1.54) is 5.56 Å². The maximum Gasteiger partial charge on any atom is 0.338 e. The van der Waals surface area contributed by atoms with Crippen LogP contribution < -0.4 is 10.0 Å². The first-order valence-electron chi connectivity index (χ1n) is 9.90. The number of nitrogens with one attached hydrogen (secondary N) is 2. The van der Waals surface area contributed by atoms with Gasteiger partial charge in [-0.05, 0) is 54.5 Å². The molecule has 8 heteroatoms. The fourth-order valence-electron chi connectivity index (χ4n) is 3.54. The van der Waals surface area contributed by atoms with Crippen molar-refractivity contribution in [3.05, 3.63) is 70.8 Å². The first-order valence-corrected chi connectivity index (χ1v) is 11.8. The molecule has 1 aliphatic carbocycles. The van der Waals surface area contributed by atoms with Crippen LogP contribution in [0.1, 0.15) is 45.9 Å². The number of carbonyl (C=O) groups excluding carboxylic acids is 2. The second-order valence-corrected chi connectivity index (χ2v) is 9.23. The van der Waals surface area contributed by atoms with Crippen LogP contribution in [0.25, 0.3) is 0 Å². The first kappa shape index (κ1) is 22.0. The molecule has 0 saturated carbocycles. The molecule has 0 aliphatic heterocycles. The van der Waals surface area contributed by atoms with Gasteiger partial charge in [-0.1, -0.05) is 36.4 Å². The van der Waals surface area contributed by atoms with Crippen molar-refractivity contribution >= 4 is 21.9 Å². The van der Waals surface area contributed by atoms with E-state index in [4.69, 9.17) is 4.74 Å². The number of amides is 1. The maximum atomic E-state index is 12.3. The molecule has 1 atom stereocenters. The quantitative estimate of drug-likeness (QED) is 0.625. The van der Waals surface area contributed by atoms with Gasteiger partial charge in [0.15, 0.2) is 6.61 Å². The summed E-state index contributed by atoms with van der Waals surface area (Å²) in [6.07, 6.45) is 4.50. The van der Waals surface area contributed by atoms with Crippen LogP contribution in [0.5, 0.6) is 0 Å². The third kappa shape index (κ3) is 6.40. The molecule has 1 aliphatic rings. The molecule has 7 nitrogen and oxygen atoms in total. The van der Waals surface area contributed by atoms with E-state index in [9.17, 15) is 18.0 Å². The highest BCUT2D eigenvalue weighted by atomic mass is 32.2. The number of benzene rings is 2. The molecule has 3 rings (SSSR count). The minimum Gasteiger partial charge on any atom is -0.452 e. The van der Waals surface area contributed by atoms with Crippen LogP contribution in [0.2, 0.25) is 0 Å². The van der Waals surface area contributed by atoms with Gasteiger partial charge in [-0.15, -0.1) is 0 Å². The van der Waals surface area contributed by atoms with Gasteiger partial charge in [0.2, 0.25) is 10.0 Å². The summed E-state index contributed by atoms with van der Waals surface area (Å²) in [5.74, 6) is -0.900. The van der Waals surface area contributed by atoms with Crippen molar-refractivity contribution in [3.8, 4) is 0 Å². The van der Waals surface area contributed by atoms with Crippen molar-refractivity contribution in [2.75, 3.05) is 19.4 Å². The van der Waals surface area contributed by atoms with E-state index < -0.39 is 16.0 Å². The second-order valence-electron chi connectivity index (χ2n) is 7.40. The summed E-state index contributed by atoms with van der Waals surface area (Å²) in [7, 11) is -3.22. The predicted molar refractivity (Wildman–Crippen MR) is 114 cm³/mol. The van der Waals surface area contributed by atoms with Crippen LogP contribution in [0.15, 0.2) is 48.5 Å². The molecule has 0 heterocycles. The average molecular weight is 431 g/mol. The summed E-state index contributed by atoms with van der Waals surface area (Å²) >= 11 is 0. The predicted octanol–water partition coefficient (Wildman–Crippen LogP) is 2.13. The van der Waals surface area contributed by atoms with Gasteiger partial charge in [0.25, 0.3) is 5.91 Å². The highest BCUT2D eigenvalue weighted by Crippen LogP contribution is 2.29. The highest BCUT2D eigenvalue weighted by molar-refractivity contribution is 7.88. The largest absolute Gasteiger partial charge is 0.452 e. The third-order valence-electron chi connectivity index (χ3n) is 5.01. The lowest BCUT2D eigenvalue weighted by Gasteiger charge is -2.26. The number of fused-ring (bicyclic) bond motifs is 1. The average Bonchev–Trinajstić information content (AvgIpc) is 2.72. The van der Waals surface area contributed by atoms with Gasteiger partial charge in [0.1, 0.15) is 0 Å². The minimum atomic E-state index is -3.22. The molecule has 0 bridgehead atoms. The van der Waals surface area contributed by atoms with E-state index in [1.807, 2.05) is 18.2 Å². The smallest absolute Gasteiger partial charge is 0.338 e. The summed E-state index contributed by atoms with van der Waals surface area (Å²) in [5, 5.41) is 2.95. The molecule has 2 N–H and O–H groups in total. The molecule has 0 radical (unpaired) electrons. The molecule has 0 saturated heterocycles. The number of aryl methyl sites for hydroxylation is 1. The Balaban J connectivity index is 1.47. The molecule has 30 heavy (non-hydrogen) atoms. The Bertz CT molecular complexity index is 1000. The van der Waals surface area contributed by atoms with Crippen LogP contribution >= 0.6 is 0 Å². The SMILES string of the molecule is CS(=O)(=O)NCCc1ccc(C(=O)OCC(=O)N[C@H]2CCCc3ccccc32)cc1. The van der Waals surface area contributed by atoms with Crippen LogP contribution in [-0.2, 0) is 32.4 Å². The molecule has 0 spiro atoms. The lowest BCUT2D eigenvalue weighted by Crippen LogP contribution is -2.34. The summed E-state index contributed by atoms with van der Waals surface area (Å²) in [6.45, 7) is -0.0510. The lowest BCUT2D eigenvalue weighted by atomic mass is 9.88. The Morgan fingerprint density at radius 2 is 1.83 bits per heavy atom. The molecule has 160 valence electrons. The van der Waals surface area contributed by atoms with E-state index in [1.54, 1.807) is 24.3 Å². The standard InChI is InChI=1S/C22H26N2O5S/c1-30(27,28)23-14-13-16-9-11-18(12-10-16)22(26)29-15-21(25)24-20-8-4-6-17-5-2-3-7-19(17)20/h2-3,5,7,9-12,20,23H,4,6,8,13-15H2,1H3,(H,24,25)/t20-/m0/s1. The molecule has 2 aromatic carbocycles. The minimum absolute atomic E-state index is 0.0546. The number of esters is 1. The zero-order valence-corrected chi connectivity index (χ0v) is 17.7. The van der Waals surface area contributed by atoms with Gasteiger partial charge in [-0.2, -0.15) is 0 Å². The van der Waals surface area contributed by atoms with E-state index in [0.717, 1.165) is 36.6 Å². The fourth-order valence-corrected chi connectivity index (χ4v) is 4.02. The zero-order chi connectivity index (χ0) is 21.6. The third-order valence-corrected chi connectivity index (χ3v) is 5.74. The number of ether oxygens (including phenoxy) is 1. The van der Waals surface area contributed by atoms with Crippen LogP contribution in [0.4, 0.5) is 0 Å².